The van der Waals surface area contributed by atoms with Crippen LogP contribution in [0, 0.1) is 17.0 Å². The molecule has 1 spiro atoms. The van der Waals surface area contributed by atoms with Gasteiger partial charge in [-0.05, 0) is 38.0 Å². The SMILES string of the molecule is C[C@H](NC1=CC(=O)C2(CCCC2)C(=O)N1)c1cc(F)ccc1F. The predicted molar refractivity (Wildman–Crippen MR) is 80.0 cm³/mol. The molecule has 122 valence electrons. The molecule has 1 atom stereocenters. The minimum Gasteiger partial charge on any atom is -0.365 e. The van der Waals surface area contributed by atoms with Crippen LogP contribution in [0.1, 0.15) is 44.2 Å². The first-order valence-electron chi connectivity index (χ1n) is 7.71. The van der Waals surface area contributed by atoms with Gasteiger partial charge in [0.15, 0.2) is 5.78 Å². The van der Waals surface area contributed by atoms with Crippen molar-refractivity contribution in [2.24, 2.45) is 5.41 Å². The number of ketones is 1. The summed E-state index contributed by atoms with van der Waals surface area (Å²) in [6.07, 6.45) is 4.22. The van der Waals surface area contributed by atoms with Crippen molar-refractivity contribution in [3.8, 4) is 0 Å². The van der Waals surface area contributed by atoms with Crippen LogP contribution >= 0.6 is 0 Å². The Balaban J connectivity index is 1.79. The average molecular weight is 320 g/mol. The fraction of sp³-hybridized carbons (Fsp3) is 0.412. The predicted octanol–water partition coefficient (Wildman–Crippen LogP) is 2.72. The highest BCUT2D eigenvalue weighted by molar-refractivity contribution is 6.14. The van der Waals surface area contributed by atoms with Crippen LogP contribution in [0.4, 0.5) is 8.78 Å². The van der Waals surface area contributed by atoms with Gasteiger partial charge in [0.05, 0.1) is 6.04 Å². The van der Waals surface area contributed by atoms with Crippen molar-refractivity contribution in [2.75, 3.05) is 0 Å². The number of rotatable bonds is 3. The number of benzene rings is 1. The number of carbonyl (C=O) groups is 2. The number of hydrogen-bond acceptors (Lipinski definition) is 3. The largest absolute Gasteiger partial charge is 0.365 e. The van der Waals surface area contributed by atoms with E-state index in [9.17, 15) is 18.4 Å². The second-order valence-electron chi connectivity index (χ2n) is 6.20. The summed E-state index contributed by atoms with van der Waals surface area (Å²) in [5.74, 6) is -1.39. The van der Waals surface area contributed by atoms with Gasteiger partial charge in [-0.15, -0.1) is 0 Å². The molecule has 1 heterocycles. The van der Waals surface area contributed by atoms with Gasteiger partial charge in [0, 0.05) is 11.6 Å². The molecule has 0 saturated heterocycles. The van der Waals surface area contributed by atoms with Crippen LogP contribution in [0.2, 0.25) is 0 Å². The normalized spacial score (nSPS) is 21.1. The maximum atomic E-state index is 13.8. The minimum atomic E-state index is -0.932. The standard InChI is InChI=1S/C17H18F2N2O2/c1-10(12-8-11(18)4-5-13(12)19)20-15-9-14(22)17(16(23)21-15)6-2-3-7-17/h4-5,8-10,20H,2-3,6-7H2,1H3,(H,21,23)/t10-/m0/s1. The molecule has 2 aliphatic rings. The zero-order chi connectivity index (χ0) is 16.6. The molecule has 0 bridgehead atoms. The summed E-state index contributed by atoms with van der Waals surface area (Å²) in [6, 6.07) is 2.59. The topological polar surface area (TPSA) is 58.2 Å². The molecule has 6 heteroatoms. The van der Waals surface area contributed by atoms with Gasteiger partial charge in [-0.25, -0.2) is 8.78 Å². The van der Waals surface area contributed by atoms with E-state index in [2.05, 4.69) is 10.6 Å². The van der Waals surface area contributed by atoms with Gasteiger partial charge in [0.25, 0.3) is 0 Å². The van der Waals surface area contributed by atoms with Crippen LogP contribution in [0.15, 0.2) is 30.1 Å². The lowest BCUT2D eigenvalue weighted by atomic mass is 9.79. The molecule has 0 aromatic heterocycles. The summed E-state index contributed by atoms with van der Waals surface area (Å²) in [6.45, 7) is 1.63. The molecule has 3 rings (SSSR count). The summed E-state index contributed by atoms with van der Waals surface area (Å²) < 4.78 is 27.1. The van der Waals surface area contributed by atoms with Crippen molar-refractivity contribution >= 4 is 11.7 Å². The van der Waals surface area contributed by atoms with E-state index in [0.29, 0.717) is 12.8 Å². The Kier molecular flexibility index (Phi) is 3.92. The number of amides is 1. The Morgan fingerprint density at radius 1 is 1.22 bits per heavy atom. The third kappa shape index (κ3) is 2.73. The van der Waals surface area contributed by atoms with Crippen molar-refractivity contribution in [3.05, 3.63) is 47.3 Å². The highest BCUT2D eigenvalue weighted by Gasteiger charge is 2.49. The lowest BCUT2D eigenvalue weighted by Crippen LogP contribution is -2.50. The van der Waals surface area contributed by atoms with E-state index in [-0.39, 0.29) is 23.1 Å². The molecule has 23 heavy (non-hydrogen) atoms. The maximum absolute atomic E-state index is 13.8. The van der Waals surface area contributed by atoms with Crippen molar-refractivity contribution in [1.82, 2.24) is 10.6 Å². The molecule has 1 amide bonds. The fourth-order valence-electron chi connectivity index (χ4n) is 3.35. The number of carbonyl (C=O) groups excluding carboxylic acids is 2. The molecule has 1 fully saturated rings. The Morgan fingerprint density at radius 3 is 2.57 bits per heavy atom. The highest BCUT2D eigenvalue weighted by Crippen LogP contribution is 2.41. The fourth-order valence-corrected chi connectivity index (χ4v) is 3.35. The van der Waals surface area contributed by atoms with E-state index < -0.39 is 23.1 Å². The first-order valence-corrected chi connectivity index (χ1v) is 7.71. The second-order valence-corrected chi connectivity index (χ2v) is 6.20. The monoisotopic (exact) mass is 320 g/mol. The molecule has 1 aliphatic heterocycles. The van der Waals surface area contributed by atoms with Gasteiger partial charge in [-0.1, -0.05) is 12.8 Å². The quantitative estimate of drug-likeness (QED) is 0.842. The zero-order valence-electron chi connectivity index (χ0n) is 12.8. The summed E-state index contributed by atoms with van der Waals surface area (Å²) in [5.41, 5.74) is -0.799. The van der Waals surface area contributed by atoms with Gasteiger partial charge in [0.1, 0.15) is 22.9 Å². The summed E-state index contributed by atoms with van der Waals surface area (Å²) in [4.78, 5) is 24.7. The molecule has 0 unspecified atom stereocenters. The number of halogens is 2. The molecule has 1 aliphatic carbocycles. The Hall–Kier alpha value is -2.24. The molecular weight excluding hydrogens is 302 g/mol. The molecule has 1 aromatic rings. The first kappa shape index (κ1) is 15.6. The highest BCUT2D eigenvalue weighted by atomic mass is 19.1. The van der Waals surface area contributed by atoms with Crippen LogP contribution in [0.5, 0.6) is 0 Å². The van der Waals surface area contributed by atoms with Gasteiger partial charge in [-0.3, -0.25) is 9.59 Å². The second kappa shape index (κ2) is 5.76. The Morgan fingerprint density at radius 2 is 1.91 bits per heavy atom. The molecule has 4 nitrogen and oxygen atoms in total. The lowest BCUT2D eigenvalue weighted by molar-refractivity contribution is -0.140. The van der Waals surface area contributed by atoms with Gasteiger partial charge in [-0.2, -0.15) is 0 Å². The third-order valence-electron chi connectivity index (χ3n) is 4.68. The van der Waals surface area contributed by atoms with Crippen molar-refractivity contribution in [2.45, 2.75) is 38.6 Å². The Bertz CT molecular complexity index is 694. The molecule has 1 saturated carbocycles. The van der Waals surface area contributed by atoms with E-state index in [4.69, 9.17) is 0 Å². The maximum Gasteiger partial charge on any atom is 0.239 e. The van der Waals surface area contributed by atoms with Crippen LogP contribution in [-0.2, 0) is 9.59 Å². The van der Waals surface area contributed by atoms with E-state index in [1.807, 2.05) is 0 Å². The van der Waals surface area contributed by atoms with E-state index in [0.717, 1.165) is 31.0 Å². The number of nitrogens with one attached hydrogen (secondary N) is 2. The van der Waals surface area contributed by atoms with Gasteiger partial charge >= 0.3 is 0 Å². The van der Waals surface area contributed by atoms with Gasteiger partial charge in [0.2, 0.25) is 5.91 Å². The van der Waals surface area contributed by atoms with E-state index >= 15 is 0 Å². The molecule has 2 N–H and O–H groups in total. The number of hydrogen-bond donors (Lipinski definition) is 2. The summed E-state index contributed by atoms with van der Waals surface area (Å²) in [5, 5.41) is 5.56. The summed E-state index contributed by atoms with van der Waals surface area (Å²) >= 11 is 0. The lowest BCUT2D eigenvalue weighted by Gasteiger charge is -2.31. The Labute approximate surface area is 132 Å². The molecule has 0 radical (unpaired) electrons. The van der Waals surface area contributed by atoms with E-state index in [1.54, 1.807) is 6.92 Å². The van der Waals surface area contributed by atoms with Crippen LogP contribution in [0.25, 0.3) is 0 Å². The number of allylic oxidation sites excluding steroid dienone is 1. The summed E-state index contributed by atoms with van der Waals surface area (Å²) in [7, 11) is 0. The first-order chi connectivity index (χ1) is 10.9. The smallest absolute Gasteiger partial charge is 0.239 e. The minimum absolute atomic E-state index is 0.133. The third-order valence-corrected chi connectivity index (χ3v) is 4.68. The van der Waals surface area contributed by atoms with E-state index in [1.165, 1.54) is 6.08 Å². The zero-order valence-corrected chi connectivity index (χ0v) is 12.8. The van der Waals surface area contributed by atoms with Gasteiger partial charge < -0.3 is 10.6 Å². The van der Waals surface area contributed by atoms with Crippen molar-refractivity contribution < 1.29 is 18.4 Å². The van der Waals surface area contributed by atoms with Crippen LogP contribution < -0.4 is 10.6 Å². The van der Waals surface area contributed by atoms with Crippen LogP contribution in [0.3, 0.4) is 0 Å². The van der Waals surface area contributed by atoms with Crippen molar-refractivity contribution in [3.63, 3.8) is 0 Å². The van der Waals surface area contributed by atoms with Crippen LogP contribution in [-0.4, -0.2) is 11.7 Å². The van der Waals surface area contributed by atoms with Crippen molar-refractivity contribution in [1.29, 1.82) is 0 Å². The molecular formula is C17H18F2N2O2. The average Bonchev–Trinajstić information content (AvgIpc) is 2.98. The molecule has 1 aromatic carbocycles.